The van der Waals surface area contributed by atoms with E-state index in [0.717, 1.165) is 14.0 Å². The third-order valence-electron chi connectivity index (χ3n) is 1.55. The van der Waals surface area contributed by atoms with Crippen molar-refractivity contribution >= 4 is 11.9 Å². The van der Waals surface area contributed by atoms with Crippen LogP contribution in [0.1, 0.15) is 6.92 Å². The lowest BCUT2D eigenvalue weighted by molar-refractivity contribution is -0.178. The topological polar surface area (TPSA) is 75.6 Å². The number of carbonyl (C=O) groups is 2. The van der Waals surface area contributed by atoms with Gasteiger partial charge >= 0.3 is 18.1 Å². The molecule has 1 atom stereocenters. The normalized spacial score (nSPS) is 15.5. The quantitative estimate of drug-likeness (QED) is 0.719. The maximum atomic E-state index is 11.8. The molecular formula is C7H10F3NO4. The van der Waals surface area contributed by atoms with Crippen molar-refractivity contribution in [3.8, 4) is 0 Å². The second-order valence-electron chi connectivity index (χ2n) is 3.02. The van der Waals surface area contributed by atoms with Crippen LogP contribution in [0.2, 0.25) is 0 Å². The van der Waals surface area contributed by atoms with Gasteiger partial charge in [0.1, 0.15) is 0 Å². The molecule has 0 saturated carbocycles. The fourth-order valence-corrected chi connectivity index (χ4v) is 0.761. The third-order valence-corrected chi connectivity index (χ3v) is 1.55. The molecule has 0 bridgehead atoms. The van der Waals surface area contributed by atoms with Crippen molar-refractivity contribution in [2.75, 3.05) is 13.7 Å². The maximum Gasteiger partial charge on any atom is 0.471 e. The van der Waals surface area contributed by atoms with Gasteiger partial charge in [0, 0.05) is 7.11 Å². The fraction of sp³-hybridized carbons (Fsp3) is 0.714. The van der Waals surface area contributed by atoms with Crippen molar-refractivity contribution < 1.29 is 32.6 Å². The molecule has 1 amide bonds. The van der Waals surface area contributed by atoms with Gasteiger partial charge in [-0.3, -0.25) is 4.79 Å². The van der Waals surface area contributed by atoms with Gasteiger partial charge in [-0.15, -0.1) is 0 Å². The van der Waals surface area contributed by atoms with Crippen LogP contribution in [-0.2, 0) is 14.3 Å². The van der Waals surface area contributed by atoms with Crippen LogP contribution in [0, 0.1) is 0 Å². The van der Waals surface area contributed by atoms with E-state index in [1.54, 1.807) is 0 Å². The minimum absolute atomic E-state index is 0.565. The molecule has 0 aromatic carbocycles. The Balaban J connectivity index is 4.71. The molecular weight excluding hydrogens is 219 g/mol. The molecule has 0 saturated heterocycles. The van der Waals surface area contributed by atoms with Crippen molar-refractivity contribution in [3.63, 3.8) is 0 Å². The van der Waals surface area contributed by atoms with Crippen LogP contribution in [0.4, 0.5) is 13.2 Å². The second-order valence-corrected chi connectivity index (χ2v) is 3.02. The number of methoxy groups -OCH3 is 1. The van der Waals surface area contributed by atoms with Gasteiger partial charge < -0.3 is 15.2 Å². The number of amides is 1. The highest BCUT2D eigenvalue weighted by atomic mass is 19.4. The van der Waals surface area contributed by atoms with Gasteiger partial charge in [-0.2, -0.15) is 13.2 Å². The number of carboxylic acids is 1. The monoisotopic (exact) mass is 229 g/mol. The largest absolute Gasteiger partial charge is 0.479 e. The zero-order valence-corrected chi connectivity index (χ0v) is 8.01. The van der Waals surface area contributed by atoms with E-state index in [-0.39, 0.29) is 0 Å². The van der Waals surface area contributed by atoms with Crippen molar-refractivity contribution in [2.45, 2.75) is 18.6 Å². The number of halogens is 3. The standard InChI is InChI=1S/C7H10F3NO4/c1-6(3-15-2,5(13)14)11-4(12)7(8,9)10/h3H2,1-2H3,(H,11,12)(H,13,14)/t6-/m0/s1. The van der Waals surface area contributed by atoms with Crippen molar-refractivity contribution in [1.82, 2.24) is 5.32 Å². The molecule has 0 unspecified atom stereocenters. The van der Waals surface area contributed by atoms with E-state index in [4.69, 9.17) is 5.11 Å². The SMILES string of the molecule is COC[C@](C)(NC(=O)C(F)(F)F)C(=O)O. The summed E-state index contributed by atoms with van der Waals surface area (Å²) in [6.45, 7) is 0.354. The first-order valence-electron chi connectivity index (χ1n) is 3.75. The first-order valence-corrected chi connectivity index (χ1v) is 3.75. The summed E-state index contributed by atoms with van der Waals surface area (Å²) in [6, 6.07) is 0. The highest BCUT2D eigenvalue weighted by Crippen LogP contribution is 2.16. The number of carboxylic acid groups (broad SMARTS) is 1. The molecule has 0 aliphatic rings. The van der Waals surface area contributed by atoms with E-state index >= 15 is 0 Å². The highest BCUT2D eigenvalue weighted by Gasteiger charge is 2.45. The van der Waals surface area contributed by atoms with Gasteiger partial charge in [0.05, 0.1) is 6.61 Å². The van der Waals surface area contributed by atoms with Crippen LogP contribution in [0.3, 0.4) is 0 Å². The van der Waals surface area contributed by atoms with Gasteiger partial charge in [-0.25, -0.2) is 4.79 Å². The summed E-state index contributed by atoms with van der Waals surface area (Å²) in [5.41, 5.74) is -2.10. The minimum atomic E-state index is -5.12. The summed E-state index contributed by atoms with van der Waals surface area (Å²) >= 11 is 0. The molecule has 88 valence electrons. The smallest absolute Gasteiger partial charge is 0.471 e. The number of aliphatic carboxylic acids is 1. The Morgan fingerprint density at radius 1 is 1.40 bits per heavy atom. The summed E-state index contributed by atoms with van der Waals surface area (Å²) < 4.78 is 39.9. The number of hydrogen-bond acceptors (Lipinski definition) is 3. The molecule has 0 aromatic rings. The fourth-order valence-electron chi connectivity index (χ4n) is 0.761. The molecule has 15 heavy (non-hydrogen) atoms. The Morgan fingerprint density at radius 2 is 1.87 bits per heavy atom. The lowest BCUT2D eigenvalue weighted by Crippen LogP contribution is -2.58. The number of alkyl halides is 3. The molecule has 0 fully saturated rings. The molecule has 0 rings (SSSR count). The number of hydrogen-bond donors (Lipinski definition) is 2. The van der Waals surface area contributed by atoms with Crippen molar-refractivity contribution in [1.29, 1.82) is 0 Å². The molecule has 0 aliphatic heterocycles. The van der Waals surface area contributed by atoms with Gasteiger partial charge in [-0.05, 0) is 6.92 Å². The van der Waals surface area contributed by atoms with Gasteiger partial charge in [0.15, 0.2) is 5.54 Å². The molecule has 8 heteroatoms. The Kier molecular flexibility index (Phi) is 4.08. The van der Waals surface area contributed by atoms with E-state index in [0.29, 0.717) is 0 Å². The zero-order valence-electron chi connectivity index (χ0n) is 8.01. The van der Waals surface area contributed by atoms with E-state index in [2.05, 4.69) is 4.74 Å². The van der Waals surface area contributed by atoms with Gasteiger partial charge in [0.25, 0.3) is 0 Å². The first-order chi connectivity index (χ1) is 6.63. The maximum absolute atomic E-state index is 11.8. The lowest BCUT2D eigenvalue weighted by atomic mass is 10.0. The number of carbonyl (C=O) groups excluding carboxylic acids is 1. The molecule has 2 N–H and O–H groups in total. The first kappa shape index (κ1) is 13.7. The van der Waals surface area contributed by atoms with Crippen molar-refractivity contribution in [3.05, 3.63) is 0 Å². The van der Waals surface area contributed by atoms with Crippen molar-refractivity contribution in [2.24, 2.45) is 0 Å². The Bertz CT molecular complexity index is 265. The predicted molar refractivity (Wildman–Crippen MR) is 42.1 cm³/mol. The molecule has 0 radical (unpaired) electrons. The second kappa shape index (κ2) is 4.47. The molecule has 0 aromatic heterocycles. The van der Waals surface area contributed by atoms with E-state index in [1.807, 2.05) is 0 Å². The summed E-state index contributed by atoms with van der Waals surface area (Å²) in [6.07, 6.45) is -5.12. The Hall–Kier alpha value is -1.31. The van der Waals surface area contributed by atoms with Crippen LogP contribution in [0.25, 0.3) is 0 Å². The van der Waals surface area contributed by atoms with Crippen LogP contribution in [-0.4, -0.2) is 42.4 Å². The van der Waals surface area contributed by atoms with E-state index < -0.39 is 30.2 Å². The number of rotatable bonds is 4. The molecule has 0 spiro atoms. The number of ether oxygens (including phenoxy) is 1. The van der Waals surface area contributed by atoms with Gasteiger partial charge in [-0.1, -0.05) is 0 Å². The summed E-state index contributed by atoms with van der Waals surface area (Å²) in [5.74, 6) is -3.92. The summed E-state index contributed by atoms with van der Waals surface area (Å²) in [7, 11) is 1.11. The molecule has 0 aliphatic carbocycles. The summed E-state index contributed by atoms with van der Waals surface area (Å²) in [4.78, 5) is 21.1. The molecule has 0 heterocycles. The lowest BCUT2D eigenvalue weighted by Gasteiger charge is -2.25. The predicted octanol–water partition coefficient (Wildman–Crippen LogP) is 0.155. The summed E-state index contributed by atoms with van der Waals surface area (Å²) in [5, 5.41) is 9.96. The highest BCUT2D eigenvalue weighted by molar-refractivity contribution is 5.89. The van der Waals surface area contributed by atoms with Gasteiger partial charge in [0.2, 0.25) is 0 Å². The molecule has 5 nitrogen and oxygen atoms in total. The Morgan fingerprint density at radius 3 is 2.13 bits per heavy atom. The third kappa shape index (κ3) is 3.74. The minimum Gasteiger partial charge on any atom is -0.479 e. The number of nitrogens with one attached hydrogen (secondary N) is 1. The van der Waals surface area contributed by atoms with Crippen LogP contribution < -0.4 is 5.32 Å². The Labute approximate surface area is 83.2 Å². The van der Waals surface area contributed by atoms with Crippen LogP contribution in [0.15, 0.2) is 0 Å². The zero-order chi connectivity index (χ0) is 12.3. The average molecular weight is 229 g/mol. The van der Waals surface area contributed by atoms with Crippen LogP contribution in [0.5, 0.6) is 0 Å². The van der Waals surface area contributed by atoms with Crippen LogP contribution >= 0.6 is 0 Å². The van der Waals surface area contributed by atoms with E-state index in [1.165, 1.54) is 5.32 Å². The average Bonchev–Trinajstić information content (AvgIpc) is 2.02. The van der Waals surface area contributed by atoms with E-state index in [9.17, 15) is 22.8 Å².